The van der Waals surface area contributed by atoms with E-state index in [1.54, 1.807) is 12.1 Å². The lowest BCUT2D eigenvalue weighted by Crippen LogP contribution is -2.24. The van der Waals surface area contributed by atoms with E-state index in [1.807, 2.05) is 24.3 Å². The van der Waals surface area contributed by atoms with Gasteiger partial charge in [0.05, 0.1) is 5.02 Å². The Hall–Kier alpha value is -0.900. The smallest absolute Gasteiger partial charge is 0.123 e. The molecule has 0 heterocycles. The van der Waals surface area contributed by atoms with Gasteiger partial charge in [-0.05, 0) is 70.7 Å². The molecule has 1 unspecified atom stereocenters. The molecule has 1 nitrogen and oxygen atoms in total. The van der Waals surface area contributed by atoms with Gasteiger partial charge in [0.15, 0.2) is 0 Å². The minimum Gasteiger partial charge on any atom is -0.310 e. The van der Waals surface area contributed by atoms with Gasteiger partial charge in [0.1, 0.15) is 5.82 Å². The van der Waals surface area contributed by atoms with Crippen molar-refractivity contribution in [2.24, 2.45) is 0 Å². The lowest BCUT2D eigenvalue weighted by molar-refractivity contribution is 0.527. The summed E-state index contributed by atoms with van der Waals surface area (Å²) in [5.74, 6) is -0.195. The molecular weight excluding hydrogens is 353 g/mol. The minimum atomic E-state index is -0.195. The third-order valence-electron chi connectivity index (χ3n) is 3.32. The number of hydrogen-bond donors (Lipinski definition) is 1. The maximum atomic E-state index is 13.3. The number of hydrogen-bond acceptors (Lipinski definition) is 1. The van der Waals surface area contributed by atoms with E-state index in [4.69, 9.17) is 11.6 Å². The normalized spacial score (nSPS) is 12.4. The first-order chi connectivity index (χ1) is 10.1. The topological polar surface area (TPSA) is 12.0 Å². The van der Waals surface area contributed by atoms with Crippen LogP contribution >= 0.6 is 27.5 Å². The van der Waals surface area contributed by atoms with E-state index in [1.165, 1.54) is 6.07 Å². The van der Waals surface area contributed by atoms with Gasteiger partial charge in [-0.1, -0.05) is 36.7 Å². The molecule has 0 saturated heterocycles. The van der Waals surface area contributed by atoms with Gasteiger partial charge < -0.3 is 5.32 Å². The lowest BCUT2D eigenvalue weighted by atomic mass is 9.98. The third-order valence-corrected chi connectivity index (χ3v) is 4.53. The highest BCUT2D eigenvalue weighted by Crippen LogP contribution is 2.27. The first kappa shape index (κ1) is 16.5. The molecule has 0 aliphatic carbocycles. The zero-order valence-corrected chi connectivity index (χ0v) is 14.2. The highest BCUT2D eigenvalue weighted by atomic mass is 79.9. The molecule has 0 saturated carbocycles. The van der Waals surface area contributed by atoms with Crippen LogP contribution < -0.4 is 5.32 Å². The summed E-state index contributed by atoms with van der Waals surface area (Å²) in [6.07, 6.45) is 1.79. The molecule has 2 aromatic carbocycles. The highest BCUT2D eigenvalue weighted by molar-refractivity contribution is 9.10. The number of benzene rings is 2. The zero-order valence-electron chi connectivity index (χ0n) is 11.9. The molecule has 0 fully saturated rings. The minimum absolute atomic E-state index is 0.139. The van der Waals surface area contributed by atoms with Crippen LogP contribution in [0.3, 0.4) is 0 Å². The Morgan fingerprint density at radius 3 is 2.71 bits per heavy atom. The number of rotatable bonds is 6. The molecule has 0 aromatic heterocycles. The van der Waals surface area contributed by atoms with Crippen molar-refractivity contribution < 1.29 is 4.39 Å². The van der Waals surface area contributed by atoms with E-state index < -0.39 is 0 Å². The Bertz CT molecular complexity index is 603. The van der Waals surface area contributed by atoms with Crippen molar-refractivity contribution >= 4 is 27.5 Å². The largest absolute Gasteiger partial charge is 0.310 e. The molecule has 21 heavy (non-hydrogen) atoms. The molecule has 0 bridgehead atoms. The first-order valence-corrected chi connectivity index (χ1v) is 8.20. The predicted molar refractivity (Wildman–Crippen MR) is 90.3 cm³/mol. The van der Waals surface area contributed by atoms with Crippen LogP contribution in [0.4, 0.5) is 4.39 Å². The monoisotopic (exact) mass is 369 g/mol. The summed E-state index contributed by atoms with van der Waals surface area (Å²) in [6.45, 7) is 3.05. The van der Waals surface area contributed by atoms with Crippen molar-refractivity contribution in [3.05, 3.63) is 68.9 Å². The fourth-order valence-electron chi connectivity index (χ4n) is 2.26. The molecule has 2 aromatic rings. The fraction of sp³-hybridized carbons (Fsp3) is 0.294. The van der Waals surface area contributed by atoms with E-state index >= 15 is 0 Å². The molecule has 0 amide bonds. The summed E-state index contributed by atoms with van der Waals surface area (Å²) >= 11 is 9.51. The van der Waals surface area contributed by atoms with Gasteiger partial charge in [0, 0.05) is 10.5 Å². The average molecular weight is 371 g/mol. The molecule has 112 valence electrons. The molecular formula is C17H18BrClFN. The second kappa shape index (κ2) is 7.92. The van der Waals surface area contributed by atoms with Crippen molar-refractivity contribution in [1.29, 1.82) is 0 Å². The van der Waals surface area contributed by atoms with E-state index in [0.29, 0.717) is 5.02 Å². The molecule has 2 rings (SSSR count). The highest BCUT2D eigenvalue weighted by Gasteiger charge is 2.13. The summed E-state index contributed by atoms with van der Waals surface area (Å²) in [4.78, 5) is 0. The summed E-state index contributed by atoms with van der Waals surface area (Å²) in [6, 6.07) is 12.8. The molecule has 0 radical (unpaired) electrons. The van der Waals surface area contributed by atoms with Gasteiger partial charge in [-0.2, -0.15) is 0 Å². The molecule has 4 heteroatoms. The SMILES string of the molecule is CCCNC(Cc1cccc(F)c1)c1ccc(Cl)c(Br)c1. The van der Waals surface area contributed by atoms with Gasteiger partial charge >= 0.3 is 0 Å². The van der Waals surface area contributed by atoms with E-state index in [0.717, 1.165) is 35.0 Å². The Balaban J connectivity index is 2.22. The van der Waals surface area contributed by atoms with E-state index in [9.17, 15) is 4.39 Å². The number of halogens is 3. The first-order valence-electron chi connectivity index (χ1n) is 7.03. The fourth-order valence-corrected chi connectivity index (χ4v) is 2.77. The van der Waals surface area contributed by atoms with Gasteiger partial charge in [-0.3, -0.25) is 0 Å². The Labute approximate surface area is 138 Å². The molecule has 1 atom stereocenters. The Morgan fingerprint density at radius 1 is 1.24 bits per heavy atom. The molecule has 0 spiro atoms. The second-order valence-electron chi connectivity index (χ2n) is 5.01. The van der Waals surface area contributed by atoms with Crippen LogP contribution in [0.25, 0.3) is 0 Å². The van der Waals surface area contributed by atoms with Gasteiger partial charge in [-0.25, -0.2) is 4.39 Å². The maximum absolute atomic E-state index is 13.3. The zero-order chi connectivity index (χ0) is 15.2. The van der Waals surface area contributed by atoms with Crippen LogP contribution in [0.15, 0.2) is 46.9 Å². The summed E-state index contributed by atoms with van der Waals surface area (Å²) in [5, 5.41) is 4.21. The van der Waals surface area contributed by atoms with Crippen molar-refractivity contribution in [2.75, 3.05) is 6.54 Å². The van der Waals surface area contributed by atoms with Crippen LogP contribution in [0.1, 0.15) is 30.5 Å². The van der Waals surface area contributed by atoms with Crippen LogP contribution in [-0.2, 0) is 6.42 Å². The van der Waals surface area contributed by atoms with Gasteiger partial charge in [0.2, 0.25) is 0 Å². The van der Waals surface area contributed by atoms with Crippen molar-refractivity contribution in [2.45, 2.75) is 25.8 Å². The maximum Gasteiger partial charge on any atom is 0.123 e. The number of nitrogens with one attached hydrogen (secondary N) is 1. The summed E-state index contributed by atoms with van der Waals surface area (Å²) < 4.78 is 14.2. The van der Waals surface area contributed by atoms with Gasteiger partial charge in [-0.15, -0.1) is 0 Å². The third kappa shape index (κ3) is 4.80. The quantitative estimate of drug-likeness (QED) is 0.705. The standard InChI is InChI=1S/C17H18BrClFN/c1-2-8-21-17(10-12-4-3-5-14(20)9-12)13-6-7-16(19)15(18)11-13/h3-7,9,11,17,21H,2,8,10H2,1H3. The summed E-state index contributed by atoms with van der Waals surface area (Å²) in [7, 11) is 0. The Kier molecular flexibility index (Phi) is 6.22. The second-order valence-corrected chi connectivity index (χ2v) is 6.28. The van der Waals surface area contributed by atoms with Crippen molar-refractivity contribution in [3.63, 3.8) is 0 Å². The van der Waals surface area contributed by atoms with Gasteiger partial charge in [0.25, 0.3) is 0 Å². The van der Waals surface area contributed by atoms with Crippen molar-refractivity contribution in [1.82, 2.24) is 5.32 Å². The molecule has 0 aliphatic rings. The van der Waals surface area contributed by atoms with Crippen LogP contribution in [-0.4, -0.2) is 6.54 Å². The van der Waals surface area contributed by atoms with Crippen molar-refractivity contribution in [3.8, 4) is 0 Å². The average Bonchev–Trinajstić information content (AvgIpc) is 2.46. The predicted octanol–water partition coefficient (Wildman–Crippen LogP) is 5.53. The van der Waals surface area contributed by atoms with Crippen LogP contribution in [0.2, 0.25) is 5.02 Å². The van der Waals surface area contributed by atoms with E-state index in [2.05, 4.69) is 28.2 Å². The lowest BCUT2D eigenvalue weighted by Gasteiger charge is -2.20. The van der Waals surface area contributed by atoms with Crippen LogP contribution in [0.5, 0.6) is 0 Å². The molecule has 1 N–H and O–H groups in total. The molecule has 0 aliphatic heterocycles. The van der Waals surface area contributed by atoms with Crippen LogP contribution in [0, 0.1) is 5.82 Å². The summed E-state index contributed by atoms with van der Waals surface area (Å²) in [5.41, 5.74) is 2.12. The van der Waals surface area contributed by atoms with E-state index in [-0.39, 0.29) is 11.9 Å². The Morgan fingerprint density at radius 2 is 2.05 bits per heavy atom.